The van der Waals surface area contributed by atoms with E-state index >= 15 is 0 Å². The molecule has 156 valence electrons. The first kappa shape index (κ1) is 20.4. The van der Waals surface area contributed by atoms with Crippen LogP contribution in [-0.2, 0) is 13.1 Å². The molecule has 0 radical (unpaired) electrons. The third-order valence-corrected chi connectivity index (χ3v) is 5.68. The number of imidazole rings is 1. The van der Waals surface area contributed by atoms with Gasteiger partial charge in [-0.15, -0.1) is 0 Å². The molecule has 0 amide bonds. The molecule has 3 N–H and O–H groups in total. The summed E-state index contributed by atoms with van der Waals surface area (Å²) in [6, 6.07) is 11.8. The Hall–Kier alpha value is -2.83. The molecule has 30 heavy (non-hydrogen) atoms. The van der Waals surface area contributed by atoms with Crippen LogP contribution in [0.4, 0.5) is 4.39 Å². The zero-order valence-corrected chi connectivity index (χ0v) is 17.1. The number of nitrogens with one attached hydrogen (secondary N) is 1. The van der Waals surface area contributed by atoms with E-state index in [9.17, 15) is 4.39 Å². The van der Waals surface area contributed by atoms with Crippen molar-refractivity contribution in [3.63, 3.8) is 0 Å². The second kappa shape index (κ2) is 9.78. The second-order valence-electron chi connectivity index (χ2n) is 7.75. The Kier molecular flexibility index (Phi) is 6.67. The Morgan fingerprint density at radius 3 is 2.70 bits per heavy atom. The molecule has 3 heterocycles. The molecule has 1 fully saturated rings. The number of aromatic nitrogens is 3. The number of fused-ring (bicyclic) bond motifs is 2. The molecule has 1 aromatic carbocycles. The number of rotatable bonds is 4. The molecule has 1 aliphatic carbocycles. The largest absolute Gasteiger partial charge is 0.326 e. The van der Waals surface area contributed by atoms with Crippen molar-refractivity contribution >= 4 is 16.6 Å². The molecule has 0 atom stereocenters. The lowest BCUT2D eigenvalue weighted by Gasteiger charge is -2.22. The Labute approximate surface area is 176 Å². The predicted molar refractivity (Wildman–Crippen MR) is 118 cm³/mol. The van der Waals surface area contributed by atoms with Crippen LogP contribution in [0.2, 0.25) is 0 Å². The van der Waals surface area contributed by atoms with E-state index in [-0.39, 0.29) is 12.4 Å². The highest BCUT2D eigenvalue weighted by molar-refractivity contribution is 5.79. The molecular formula is C24H28FN5. The van der Waals surface area contributed by atoms with E-state index in [0.717, 1.165) is 17.6 Å². The number of pyridine rings is 2. The van der Waals surface area contributed by atoms with Crippen LogP contribution in [-0.4, -0.2) is 20.4 Å². The lowest BCUT2D eigenvalue weighted by Crippen LogP contribution is -2.30. The Morgan fingerprint density at radius 1 is 1.00 bits per heavy atom. The lowest BCUT2D eigenvalue weighted by atomic mass is 9.95. The topological polar surface area (TPSA) is 68.2 Å². The summed E-state index contributed by atoms with van der Waals surface area (Å²) in [6.45, 7) is 1.16. The number of hydrogen-bond donors (Lipinski definition) is 2. The number of nitrogens with zero attached hydrogens (tertiary/aromatic N) is 3. The van der Waals surface area contributed by atoms with Gasteiger partial charge in [0.25, 0.3) is 0 Å². The van der Waals surface area contributed by atoms with Gasteiger partial charge in [0.2, 0.25) is 0 Å². The average Bonchev–Trinajstić information content (AvgIpc) is 3.28. The van der Waals surface area contributed by atoms with Gasteiger partial charge in [-0.1, -0.05) is 31.4 Å². The van der Waals surface area contributed by atoms with Crippen LogP contribution in [0.1, 0.15) is 43.2 Å². The van der Waals surface area contributed by atoms with Crippen molar-refractivity contribution in [2.75, 3.05) is 0 Å². The van der Waals surface area contributed by atoms with Crippen LogP contribution in [0.25, 0.3) is 16.6 Å². The average molecular weight is 406 g/mol. The van der Waals surface area contributed by atoms with Crippen LogP contribution in [0.15, 0.2) is 61.2 Å². The van der Waals surface area contributed by atoms with Crippen LogP contribution < -0.4 is 11.1 Å². The van der Waals surface area contributed by atoms with E-state index in [0.29, 0.717) is 17.1 Å². The molecule has 3 aromatic heterocycles. The minimum Gasteiger partial charge on any atom is -0.326 e. The minimum atomic E-state index is -0.284. The Balaban J connectivity index is 0.000000151. The van der Waals surface area contributed by atoms with Gasteiger partial charge in [-0.2, -0.15) is 0 Å². The lowest BCUT2D eigenvalue weighted by molar-refractivity contribution is 0.372. The molecule has 4 aromatic rings. The van der Waals surface area contributed by atoms with Gasteiger partial charge < -0.3 is 15.5 Å². The fourth-order valence-corrected chi connectivity index (χ4v) is 4.01. The summed E-state index contributed by atoms with van der Waals surface area (Å²) in [6.07, 6.45) is 14.4. The molecule has 1 aliphatic rings. The Bertz CT molecular complexity index is 1100. The monoisotopic (exact) mass is 405 g/mol. The maximum atomic E-state index is 13.2. The smallest absolute Gasteiger partial charge is 0.141 e. The van der Waals surface area contributed by atoms with E-state index in [1.54, 1.807) is 12.3 Å². The maximum absolute atomic E-state index is 13.2. The fraction of sp³-hybridized carbons (Fsp3) is 0.333. The molecule has 0 unspecified atom stereocenters. The highest BCUT2D eigenvalue weighted by Gasteiger charge is 2.13. The first-order valence-corrected chi connectivity index (χ1v) is 10.6. The van der Waals surface area contributed by atoms with Crippen molar-refractivity contribution in [3.8, 4) is 0 Å². The summed E-state index contributed by atoms with van der Waals surface area (Å²) in [5, 5.41) is 4.59. The molecule has 6 heteroatoms. The third-order valence-electron chi connectivity index (χ3n) is 5.68. The normalized spacial score (nSPS) is 14.6. The number of benzene rings is 1. The van der Waals surface area contributed by atoms with Gasteiger partial charge in [0.05, 0.1) is 5.52 Å². The summed E-state index contributed by atoms with van der Waals surface area (Å²) in [7, 11) is 0. The summed E-state index contributed by atoms with van der Waals surface area (Å²) in [5.41, 5.74) is 8.95. The summed E-state index contributed by atoms with van der Waals surface area (Å²) in [5.74, 6) is -0.284. The van der Waals surface area contributed by atoms with Gasteiger partial charge in [0.1, 0.15) is 11.5 Å². The van der Waals surface area contributed by atoms with Gasteiger partial charge >= 0.3 is 0 Å². The quantitative estimate of drug-likeness (QED) is 0.521. The van der Waals surface area contributed by atoms with Crippen molar-refractivity contribution < 1.29 is 4.39 Å². The van der Waals surface area contributed by atoms with Gasteiger partial charge in [0.15, 0.2) is 0 Å². The van der Waals surface area contributed by atoms with E-state index in [2.05, 4.69) is 31.8 Å². The molecule has 0 aliphatic heterocycles. The van der Waals surface area contributed by atoms with E-state index in [1.807, 2.05) is 30.7 Å². The molecule has 0 spiro atoms. The minimum absolute atomic E-state index is 0.219. The number of nitrogens with two attached hydrogens (primary N) is 1. The maximum Gasteiger partial charge on any atom is 0.141 e. The highest BCUT2D eigenvalue weighted by Crippen LogP contribution is 2.18. The predicted octanol–water partition coefficient (Wildman–Crippen LogP) is 4.59. The first-order chi connectivity index (χ1) is 14.7. The highest BCUT2D eigenvalue weighted by atomic mass is 19.1. The van der Waals surface area contributed by atoms with Crippen LogP contribution in [0.3, 0.4) is 0 Å². The number of halogens is 1. The summed E-state index contributed by atoms with van der Waals surface area (Å²) in [4.78, 5) is 8.44. The molecule has 0 bridgehead atoms. The van der Waals surface area contributed by atoms with Crippen molar-refractivity contribution in [3.05, 3.63) is 78.1 Å². The van der Waals surface area contributed by atoms with Gasteiger partial charge in [-0.05, 0) is 31.0 Å². The number of hydrogen-bond acceptors (Lipinski definition) is 4. The van der Waals surface area contributed by atoms with E-state index < -0.39 is 0 Å². The summed E-state index contributed by atoms with van der Waals surface area (Å²) >= 11 is 0. The molecule has 1 saturated carbocycles. The van der Waals surface area contributed by atoms with E-state index in [4.69, 9.17) is 5.73 Å². The zero-order chi connectivity index (χ0) is 20.8. The third kappa shape index (κ3) is 4.83. The van der Waals surface area contributed by atoms with Gasteiger partial charge in [-0.3, -0.25) is 4.98 Å². The van der Waals surface area contributed by atoms with Crippen LogP contribution in [0, 0.1) is 5.82 Å². The van der Waals surface area contributed by atoms with Crippen LogP contribution in [0.5, 0.6) is 0 Å². The fourth-order valence-electron chi connectivity index (χ4n) is 4.01. The molecular weight excluding hydrogens is 377 g/mol. The zero-order valence-electron chi connectivity index (χ0n) is 17.1. The molecule has 0 saturated heterocycles. The van der Waals surface area contributed by atoms with Crippen molar-refractivity contribution in [2.24, 2.45) is 5.73 Å². The van der Waals surface area contributed by atoms with Crippen LogP contribution >= 0.6 is 0 Å². The SMILES string of the molecule is NCc1cc2cccnc2cc1F.c1cc(CNC2CCCCC2)c2nccn2c1. The van der Waals surface area contributed by atoms with Crippen molar-refractivity contribution in [2.45, 2.75) is 51.2 Å². The summed E-state index contributed by atoms with van der Waals surface area (Å²) < 4.78 is 15.3. The molecule has 5 nitrogen and oxygen atoms in total. The second-order valence-corrected chi connectivity index (χ2v) is 7.75. The van der Waals surface area contributed by atoms with Gasteiger partial charge in [-0.25, -0.2) is 9.37 Å². The first-order valence-electron chi connectivity index (χ1n) is 10.6. The molecule has 5 rings (SSSR count). The van der Waals surface area contributed by atoms with E-state index in [1.165, 1.54) is 43.7 Å². The Morgan fingerprint density at radius 2 is 1.87 bits per heavy atom. The van der Waals surface area contributed by atoms with Crippen molar-refractivity contribution in [1.82, 2.24) is 19.7 Å². The van der Waals surface area contributed by atoms with Gasteiger partial charge in [0, 0.05) is 66.5 Å². The van der Waals surface area contributed by atoms with Crippen molar-refractivity contribution in [1.29, 1.82) is 0 Å². The standard InChI is InChI=1S/C14H19N3.C10H9FN2/c1-2-6-13(7-3-1)16-11-12-5-4-9-17-10-8-15-14(12)17;11-9-5-10-7(2-1-3-13-10)4-8(9)6-12/h4-5,8-10,13,16H,1-3,6-7,11H2;1-5H,6,12H2.